The van der Waals surface area contributed by atoms with Crippen LogP contribution in [0, 0.1) is 0 Å². The molecule has 0 bridgehead atoms. The smallest absolute Gasteiger partial charge is 0.254 e. The molecular formula is C17H21ClN2O3. The Hall–Kier alpha value is -1.75. The van der Waals surface area contributed by atoms with Gasteiger partial charge in [-0.05, 0) is 44.9 Å². The van der Waals surface area contributed by atoms with Crippen LogP contribution >= 0.6 is 11.6 Å². The first-order chi connectivity index (χ1) is 11.0. The summed E-state index contributed by atoms with van der Waals surface area (Å²) in [5, 5.41) is 0.413. The van der Waals surface area contributed by atoms with Gasteiger partial charge in [-0.15, -0.1) is 0 Å². The van der Waals surface area contributed by atoms with Crippen molar-refractivity contribution in [3.05, 3.63) is 28.8 Å². The van der Waals surface area contributed by atoms with Gasteiger partial charge in [-0.2, -0.15) is 0 Å². The third-order valence-corrected chi connectivity index (χ3v) is 4.93. The minimum Gasteiger partial charge on any atom is -0.492 e. The fourth-order valence-corrected chi connectivity index (χ4v) is 3.64. The number of carbonyl (C=O) groups excluding carboxylic acids is 2. The molecule has 6 heteroatoms. The number of rotatable bonds is 3. The highest BCUT2D eigenvalue weighted by molar-refractivity contribution is 6.32. The molecule has 0 aromatic heterocycles. The monoisotopic (exact) mass is 336 g/mol. The SMILES string of the molecule is CCOc1ccc(C(=O)N2C[C@H]3CCCN3C(=O)[C@@H]2C)cc1Cl. The van der Waals surface area contributed by atoms with E-state index in [2.05, 4.69) is 0 Å². The largest absolute Gasteiger partial charge is 0.492 e. The zero-order valence-electron chi connectivity index (χ0n) is 13.4. The number of hydrogen-bond donors (Lipinski definition) is 0. The van der Waals surface area contributed by atoms with Gasteiger partial charge in [0.25, 0.3) is 5.91 Å². The van der Waals surface area contributed by atoms with Crippen LogP contribution in [0.1, 0.15) is 37.0 Å². The molecule has 2 aliphatic rings. The van der Waals surface area contributed by atoms with Crippen LogP contribution in [0.5, 0.6) is 5.75 Å². The van der Waals surface area contributed by atoms with Gasteiger partial charge in [0.2, 0.25) is 5.91 Å². The Kier molecular flexibility index (Phi) is 4.48. The highest BCUT2D eigenvalue weighted by Crippen LogP contribution is 2.29. The molecule has 5 nitrogen and oxygen atoms in total. The lowest BCUT2D eigenvalue weighted by Crippen LogP contribution is -2.60. The summed E-state index contributed by atoms with van der Waals surface area (Å²) in [6.45, 7) is 5.60. The summed E-state index contributed by atoms with van der Waals surface area (Å²) in [6, 6.07) is 4.75. The third kappa shape index (κ3) is 2.90. The van der Waals surface area contributed by atoms with Crippen LogP contribution in [-0.2, 0) is 4.79 Å². The Morgan fingerprint density at radius 2 is 2.22 bits per heavy atom. The Labute approximate surface area is 141 Å². The Morgan fingerprint density at radius 1 is 1.43 bits per heavy atom. The van der Waals surface area contributed by atoms with Crippen molar-refractivity contribution in [2.24, 2.45) is 0 Å². The molecule has 0 aliphatic carbocycles. The van der Waals surface area contributed by atoms with Crippen LogP contribution in [-0.4, -0.2) is 53.4 Å². The molecule has 0 spiro atoms. The van der Waals surface area contributed by atoms with Crippen molar-refractivity contribution in [2.75, 3.05) is 19.7 Å². The normalized spacial score (nSPS) is 23.9. The predicted molar refractivity (Wildman–Crippen MR) is 87.9 cm³/mol. The van der Waals surface area contributed by atoms with Gasteiger partial charge in [-0.25, -0.2) is 0 Å². The van der Waals surface area contributed by atoms with E-state index < -0.39 is 6.04 Å². The number of fused-ring (bicyclic) bond motifs is 1. The lowest BCUT2D eigenvalue weighted by atomic mass is 10.1. The molecule has 0 radical (unpaired) electrons. The van der Waals surface area contributed by atoms with Crippen LogP contribution in [0.3, 0.4) is 0 Å². The number of benzene rings is 1. The van der Waals surface area contributed by atoms with Crippen LogP contribution < -0.4 is 4.74 Å². The highest BCUT2D eigenvalue weighted by Gasteiger charge is 2.42. The van der Waals surface area contributed by atoms with Crippen molar-refractivity contribution in [3.8, 4) is 5.75 Å². The van der Waals surface area contributed by atoms with E-state index in [1.54, 1.807) is 30.0 Å². The number of nitrogens with zero attached hydrogens (tertiary/aromatic N) is 2. The van der Waals surface area contributed by atoms with E-state index in [-0.39, 0.29) is 17.9 Å². The van der Waals surface area contributed by atoms with Gasteiger partial charge >= 0.3 is 0 Å². The molecule has 2 aliphatic heterocycles. The molecule has 2 heterocycles. The zero-order valence-corrected chi connectivity index (χ0v) is 14.2. The third-order valence-electron chi connectivity index (χ3n) is 4.63. The number of piperazine rings is 1. The second-order valence-electron chi connectivity index (χ2n) is 6.04. The molecule has 2 fully saturated rings. The zero-order chi connectivity index (χ0) is 16.6. The van der Waals surface area contributed by atoms with Crippen molar-refractivity contribution in [1.29, 1.82) is 0 Å². The van der Waals surface area contributed by atoms with Gasteiger partial charge in [-0.1, -0.05) is 11.6 Å². The average molecular weight is 337 g/mol. The second-order valence-corrected chi connectivity index (χ2v) is 6.45. The van der Waals surface area contributed by atoms with Gasteiger partial charge in [0, 0.05) is 24.7 Å². The van der Waals surface area contributed by atoms with E-state index in [0.717, 1.165) is 19.4 Å². The highest BCUT2D eigenvalue weighted by atomic mass is 35.5. The van der Waals surface area contributed by atoms with Crippen molar-refractivity contribution in [1.82, 2.24) is 9.80 Å². The van der Waals surface area contributed by atoms with Crippen molar-refractivity contribution >= 4 is 23.4 Å². The van der Waals surface area contributed by atoms with Gasteiger partial charge in [0.1, 0.15) is 11.8 Å². The van der Waals surface area contributed by atoms with E-state index >= 15 is 0 Å². The van der Waals surface area contributed by atoms with E-state index in [0.29, 0.717) is 29.5 Å². The van der Waals surface area contributed by atoms with Gasteiger partial charge in [-0.3, -0.25) is 9.59 Å². The van der Waals surface area contributed by atoms with E-state index in [9.17, 15) is 9.59 Å². The number of amides is 2. The summed E-state index contributed by atoms with van der Waals surface area (Å²) in [6.07, 6.45) is 1.98. The molecule has 0 saturated carbocycles. The molecule has 23 heavy (non-hydrogen) atoms. The molecular weight excluding hydrogens is 316 g/mol. The van der Waals surface area contributed by atoms with Crippen LogP contribution in [0.2, 0.25) is 5.02 Å². The fraction of sp³-hybridized carbons (Fsp3) is 0.529. The maximum atomic E-state index is 12.8. The standard InChI is InChI=1S/C17H21ClN2O3/c1-3-23-15-7-6-12(9-14(15)18)17(22)20-10-13-5-4-8-19(13)16(21)11(20)2/h6-7,9,11,13H,3-5,8,10H2,1-2H3/t11-,13+/m0/s1. The van der Waals surface area contributed by atoms with Crippen molar-refractivity contribution < 1.29 is 14.3 Å². The minimum absolute atomic E-state index is 0.0455. The summed E-state index contributed by atoms with van der Waals surface area (Å²) in [7, 11) is 0. The summed E-state index contributed by atoms with van der Waals surface area (Å²) in [5.74, 6) is 0.460. The summed E-state index contributed by atoms with van der Waals surface area (Å²) >= 11 is 6.17. The van der Waals surface area contributed by atoms with E-state index in [1.165, 1.54) is 0 Å². The van der Waals surface area contributed by atoms with Crippen LogP contribution in [0.15, 0.2) is 18.2 Å². The molecule has 1 aromatic carbocycles. The molecule has 0 unspecified atom stereocenters. The Bertz CT molecular complexity index is 634. The lowest BCUT2D eigenvalue weighted by Gasteiger charge is -2.41. The molecule has 2 amide bonds. The molecule has 0 N–H and O–H groups in total. The van der Waals surface area contributed by atoms with Crippen molar-refractivity contribution in [2.45, 2.75) is 38.8 Å². The Balaban J connectivity index is 1.82. The van der Waals surface area contributed by atoms with Gasteiger partial charge in [0.15, 0.2) is 0 Å². The second kappa shape index (κ2) is 6.40. The lowest BCUT2D eigenvalue weighted by molar-refractivity contribution is -0.141. The van der Waals surface area contributed by atoms with Crippen LogP contribution in [0.4, 0.5) is 0 Å². The molecule has 2 saturated heterocycles. The molecule has 2 atom stereocenters. The predicted octanol–water partition coefficient (Wildman–Crippen LogP) is 2.57. The summed E-state index contributed by atoms with van der Waals surface area (Å²) < 4.78 is 5.39. The van der Waals surface area contributed by atoms with Gasteiger partial charge in [0.05, 0.1) is 11.6 Å². The maximum absolute atomic E-state index is 12.8. The van der Waals surface area contributed by atoms with E-state index in [1.807, 2.05) is 11.8 Å². The number of halogens is 1. The quantitative estimate of drug-likeness (QED) is 0.852. The summed E-state index contributed by atoms with van der Waals surface area (Å²) in [5.41, 5.74) is 0.490. The average Bonchev–Trinajstić information content (AvgIpc) is 3.01. The summed E-state index contributed by atoms with van der Waals surface area (Å²) in [4.78, 5) is 28.9. The maximum Gasteiger partial charge on any atom is 0.254 e. The molecule has 1 aromatic rings. The first-order valence-corrected chi connectivity index (χ1v) is 8.44. The first kappa shape index (κ1) is 16.1. The van der Waals surface area contributed by atoms with Gasteiger partial charge < -0.3 is 14.5 Å². The van der Waals surface area contributed by atoms with Crippen molar-refractivity contribution in [3.63, 3.8) is 0 Å². The molecule has 3 rings (SSSR count). The number of ether oxygens (including phenoxy) is 1. The number of hydrogen-bond acceptors (Lipinski definition) is 3. The Morgan fingerprint density at radius 3 is 2.91 bits per heavy atom. The fourth-order valence-electron chi connectivity index (χ4n) is 3.41. The van der Waals surface area contributed by atoms with Crippen LogP contribution in [0.25, 0.3) is 0 Å². The first-order valence-electron chi connectivity index (χ1n) is 8.06. The topological polar surface area (TPSA) is 49.9 Å². The van der Waals surface area contributed by atoms with E-state index in [4.69, 9.17) is 16.3 Å². The number of carbonyl (C=O) groups is 2. The molecule has 124 valence electrons. The minimum atomic E-state index is -0.429.